The molecule has 0 aliphatic carbocycles. The van der Waals surface area contributed by atoms with Gasteiger partial charge in [0.15, 0.2) is 6.61 Å². The molecule has 1 N–H and O–H groups in total. The number of rotatable bonds is 7. The molecule has 0 atom stereocenters. The molecule has 0 unspecified atom stereocenters. The average molecular weight is 349 g/mol. The molecule has 25 heavy (non-hydrogen) atoms. The molecule has 0 radical (unpaired) electrons. The maximum absolute atomic E-state index is 11.8. The van der Waals surface area contributed by atoms with Gasteiger partial charge < -0.3 is 24.3 Å². The summed E-state index contributed by atoms with van der Waals surface area (Å²) in [5.74, 6) is -1.79. The van der Waals surface area contributed by atoms with Gasteiger partial charge in [-0.2, -0.15) is 0 Å². The number of hydrogen-bond acceptors (Lipinski definition) is 7. The molecular weight excluding hydrogens is 330 g/mol. The Morgan fingerprint density at radius 2 is 1.84 bits per heavy atom. The summed E-state index contributed by atoms with van der Waals surface area (Å²) in [5, 5.41) is 2.55. The molecule has 0 saturated heterocycles. The van der Waals surface area contributed by atoms with Crippen LogP contribution in [0.3, 0.4) is 0 Å². The van der Waals surface area contributed by atoms with E-state index in [0.717, 1.165) is 12.7 Å². The van der Waals surface area contributed by atoms with Crippen LogP contribution in [0.15, 0.2) is 36.3 Å². The lowest BCUT2D eigenvalue weighted by molar-refractivity contribution is -0.148. The molecule has 2 rings (SSSR count). The van der Waals surface area contributed by atoms with E-state index < -0.39 is 24.5 Å². The Hall–Kier alpha value is -3.03. The van der Waals surface area contributed by atoms with Crippen LogP contribution in [0.2, 0.25) is 0 Å². The summed E-state index contributed by atoms with van der Waals surface area (Å²) in [4.78, 5) is 35.1. The van der Waals surface area contributed by atoms with E-state index in [0.29, 0.717) is 24.5 Å². The Bertz CT molecular complexity index is 651. The third-order valence-electron chi connectivity index (χ3n) is 3.03. The molecule has 1 aliphatic rings. The van der Waals surface area contributed by atoms with Crippen LogP contribution < -0.4 is 5.32 Å². The number of ether oxygens (including phenoxy) is 4. The summed E-state index contributed by atoms with van der Waals surface area (Å²) in [6.45, 7) is 2.40. The Kier molecular flexibility index (Phi) is 6.82. The number of esters is 2. The second-order valence-electron chi connectivity index (χ2n) is 5.04. The van der Waals surface area contributed by atoms with Crippen molar-refractivity contribution in [3.05, 3.63) is 41.9 Å². The first-order valence-corrected chi connectivity index (χ1v) is 7.79. The van der Waals surface area contributed by atoms with E-state index in [9.17, 15) is 14.4 Å². The fraction of sp³-hybridized carbons (Fsp3) is 0.353. The zero-order chi connectivity index (χ0) is 18.1. The van der Waals surface area contributed by atoms with Crippen LogP contribution in [-0.2, 0) is 28.5 Å². The van der Waals surface area contributed by atoms with Crippen LogP contribution in [-0.4, -0.2) is 44.3 Å². The third kappa shape index (κ3) is 5.83. The van der Waals surface area contributed by atoms with Crippen LogP contribution in [0.1, 0.15) is 23.7 Å². The second kappa shape index (κ2) is 9.31. The number of nitrogens with one attached hydrogen (secondary N) is 1. The van der Waals surface area contributed by atoms with Gasteiger partial charge in [0, 0.05) is 5.69 Å². The molecule has 1 aromatic carbocycles. The highest BCUT2D eigenvalue weighted by atomic mass is 16.6. The highest BCUT2D eigenvalue weighted by Crippen LogP contribution is 2.11. The number of hydrogen-bond donors (Lipinski definition) is 1. The van der Waals surface area contributed by atoms with E-state index in [1.165, 1.54) is 12.1 Å². The summed E-state index contributed by atoms with van der Waals surface area (Å²) in [6.07, 6.45) is 1.90. The van der Waals surface area contributed by atoms with Crippen LogP contribution in [0.4, 0.5) is 5.69 Å². The van der Waals surface area contributed by atoms with Gasteiger partial charge in [0.1, 0.15) is 19.5 Å². The van der Waals surface area contributed by atoms with Gasteiger partial charge in [-0.3, -0.25) is 4.79 Å². The van der Waals surface area contributed by atoms with Crippen molar-refractivity contribution in [3.63, 3.8) is 0 Å². The molecule has 8 nitrogen and oxygen atoms in total. The molecule has 0 bridgehead atoms. The quantitative estimate of drug-likeness (QED) is 0.747. The fourth-order valence-corrected chi connectivity index (χ4v) is 1.84. The first-order valence-electron chi connectivity index (χ1n) is 7.79. The summed E-state index contributed by atoms with van der Waals surface area (Å²) >= 11 is 0. The van der Waals surface area contributed by atoms with Crippen molar-refractivity contribution in [2.75, 3.05) is 31.7 Å². The van der Waals surface area contributed by atoms with E-state index in [2.05, 4.69) is 5.32 Å². The summed E-state index contributed by atoms with van der Waals surface area (Å²) in [7, 11) is 0. The first kappa shape index (κ1) is 18.3. The maximum atomic E-state index is 11.8. The predicted molar refractivity (Wildman–Crippen MR) is 86.6 cm³/mol. The normalized spacial score (nSPS) is 12.9. The van der Waals surface area contributed by atoms with Crippen molar-refractivity contribution >= 4 is 23.5 Å². The van der Waals surface area contributed by atoms with Gasteiger partial charge in [-0.05, 0) is 30.7 Å². The minimum atomic E-state index is -0.774. The van der Waals surface area contributed by atoms with Crippen molar-refractivity contribution in [1.29, 1.82) is 0 Å². The number of carbonyl (C=O) groups is 3. The lowest BCUT2D eigenvalue weighted by Crippen LogP contribution is -2.23. The van der Waals surface area contributed by atoms with Crippen molar-refractivity contribution in [1.82, 2.24) is 0 Å². The second-order valence-corrected chi connectivity index (χ2v) is 5.04. The third-order valence-corrected chi connectivity index (χ3v) is 3.03. The van der Waals surface area contributed by atoms with Crippen molar-refractivity contribution < 1.29 is 33.3 Å². The minimum absolute atomic E-state index is 0.0750. The van der Waals surface area contributed by atoms with Crippen molar-refractivity contribution in [3.8, 4) is 0 Å². The van der Waals surface area contributed by atoms with E-state index >= 15 is 0 Å². The SMILES string of the molecule is CCCOC(=O)c1ccc(NC(=O)COC(=O)C2=COCCO2)cc1. The smallest absolute Gasteiger partial charge is 0.377 e. The summed E-state index contributed by atoms with van der Waals surface area (Å²) in [6, 6.07) is 6.20. The van der Waals surface area contributed by atoms with E-state index in [1.54, 1.807) is 12.1 Å². The molecule has 0 saturated carbocycles. The predicted octanol–water partition coefficient (Wildman–Crippen LogP) is 1.62. The van der Waals surface area contributed by atoms with Crippen LogP contribution in [0.5, 0.6) is 0 Å². The van der Waals surface area contributed by atoms with Crippen LogP contribution in [0.25, 0.3) is 0 Å². The average Bonchev–Trinajstić information content (AvgIpc) is 2.65. The van der Waals surface area contributed by atoms with E-state index in [-0.39, 0.29) is 12.4 Å². The Labute approximate surface area is 144 Å². The lowest BCUT2D eigenvalue weighted by atomic mass is 10.2. The molecule has 0 aromatic heterocycles. The molecule has 1 aliphatic heterocycles. The molecule has 0 spiro atoms. The van der Waals surface area contributed by atoms with Crippen molar-refractivity contribution in [2.24, 2.45) is 0 Å². The first-order chi connectivity index (χ1) is 12.1. The van der Waals surface area contributed by atoms with Gasteiger partial charge in [-0.25, -0.2) is 9.59 Å². The summed E-state index contributed by atoms with van der Waals surface area (Å²) < 4.78 is 19.8. The lowest BCUT2D eigenvalue weighted by Gasteiger charge is -2.14. The molecule has 8 heteroatoms. The van der Waals surface area contributed by atoms with Gasteiger partial charge >= 0.3 is 11.9 Å². The molecule has 134 valence electrons. The van der Waals surface area contributed by atoms with Crippen LogP contribution in [0, 0.1) is 0 Å². The van der Waals surface area contributed by atoms with E-state index in [4.69, 9.17) is 18.9 Å². The fourth-order valence-electron chi connectivity index (χ4n) is 1.84. The number of anilines is 1. The minimum Gasteiger partial charge on any atom is -0.493 e. The molecule has 1 heterocycles. The number of carbonyl (C=O) groups excluding carboxylic acids is 3. The van der Waals surface area contributed by atoms with Gasteiger partial charge in [-0.15, -0.1) is 0 Å². The van der Waals surface area contributed by atoms with Gasteiger partial charge in [-0.1, -0.05) is 6.92 Å². The zero-order valence-corrected chi connectivity index (χ0v) is 13.8. The van der Waals surface area contributed by atoms with Crippen LogP contribution >= 0.6 is 0 Å². The topological polar surface area (TPSA) is 100 Å². The van der Waals surface area contributed by atoms with Gasteiger partial charge in [0.25, 0.3) is 5.91 Å². The van der Waals surface area contributed by atoms with Crippen molar-refractivity contribution in [2.45, 2.75) is 13.3 Å². The standard InChI is InChI=1S/C17H19NO7/c1-2-7-24-16(20)12-3-5-13(6-4-12)18-15(19)11-25-17(21)14-10-22-8-9-23-14/h3-6,10H,2,7-9,11H2,1H3,(H,18,19). The van der Waals surface area contributed by atoms with Gasteiger partial charge in [0.05, 0.1) is 12.2 Å². The highest BCUT2D eigenvalue weighted by Gasteiger charge is 2.18. The number of benzene rings is 1. The zero-order valence-electron chi connectivity index (χ0n) is 13.8. The maximum Gasteiger partial charge on any atom is 0.377 e. The Morgan fingerprint density at radius 1 is 1.08 bits per heavy atom. The Balaban J connectivity index is 1.79. The van der Waals surface area contributed by atoms with E-state index in [1.807, 2.05) is 6.92 Å². The molecule has 1 aromatic rings. The largest absolute Gasteiger partial charge is 0.493 e. The highest BCUT2D eigenvalue weighted by molar-refractivity contribution is 5.95. The summed E-state index contributed by atoms with van der Waals surface area (Å²) in [5.41, 5.74) is 0.851. The molecule has 1 amide bonds. The Morgan fingerprint density at radius 3 is 2.48 bits per heavy atom. The van der Waals surface area contributed by atoms with Gasteiger partial charge in [0.2, 0.25) is 5.76 Å². The number of amides is 1. The monoisotopic (exact) mass is 349 g/mol. The molecular formula is C17H19NO7. The molecule has 0 fully saturated rings.